The number of carbonyl (C=O) groups is 1. The maximum atomic E-state index is 12.2. The molecule has 0 atom stereocenters. The molecule has 1 N–H and O–H groups in total. The molecule has 124 valence electrons. The van der Waals surface area contributed by atoms with Crippen molar-refractivity contribution in [3.63, 3.8) is 0 Å². The Morgan fingerprint density at radius 1 is 1.24 bits per heavy atom. The Kier molecular flexibility index (Phi) is 4.10. The highest BCUT2D eigenvalue weighted by atomic mass is 79.9. The van der Waals surface area contributed by atoms with Crippen molar-refractivity contribution in [2.24, 2.45) is 0 Å². The zero-order valence-electron chi connectivity index (χ0n) is 13.1. The van der Waals surface area contributed by atoms with Crippen LogP contribution in [0.1, 0.15) is 16.1 Å². The van der Waals surface area contributed by atoms with Crippen LogP contribution in [0.15, 0.2) is 57.7 Å². The van der Waals surface area contributed by atoms with Gasteiger partial charge in [-0.15, -0.1) is 0 Å². The lowest BCUT2D eigenvalue weighted by molar-refractivity contribution is 0.0995. The van der Waals surface area contributed by atoms with E-state index in [2.05, 4.69) is 31.2 Å². The van der Waals surface area contributed by atoms with E-state index in [1.165, 1.54) is 0 Å². The molecular formula is C18H12BrN3O2S. The molecule has 0 aliphatic heterocycles. The predicted molar refractivity (Wildman–Crippen MR) is 102 cm³/mol. The molecule has 0 fully saturated rings. The summed E-state index contributed by atoms with van der Waals surface area (Å²) in [6, 6.07) is 13.0. The van der Waals surface area contributed by atoms with Gasteiger partial charge in [-0.05, 0) is 70.9 Å². The molecule has 0 unspecified atom stereocenters. The van der Waals surface area contributed by atoms with Crippen molar-refractivity contribution < 1.29 is 9.21 Å². The molecule has 1 aromatic carbocycles. The van der Waals surface area contributed by atoms with Gasteiger partial charge in [-0.2, -0.15) is 0 Å². The topological polar surface area (TPSA) is 68.0 Å². The van der Waals surface area contributed by atoms with Crippen LogP contribution >= 0.6 is 27.3 Å². The Morgan fingerprint density at radius 3 is 2.84 bits per heavy atom. The molecule has 0 spiro atoms. The second-order valence-electron chi connectivity index (χ2n) is 5.43. The summed E-state index contributed by atoms with van der Waals surface area (Å²) in [5.41, 5.74) is 3.57. The number of rotatable bonds is 3. The summed E-state index contributed by atoms with van der Waals surface area (Å²) in [7, 11) is 0. The standard InChI is InChI=1S/C18H12BrN3O2S/c1-10-9-11(17-22-13-3-2-8-20-18(13)25-17)4-5-12(10)21-16(23)14-6-7-15(19)24-14/h2-9H,1H3,(H,21,23). The van der Waals surface area contributed by atoms with Gasteiger partial charge >= 0.3 is 0 Å². The van der Waals surface area contributed by atoms with Crippen LogP contribution in [-0.4, -0.2) is 15.9 Å². The molecule has 0 bridgehead atoms. The highest BCUT2D eigenvalue weighted by molar-refractivity contribution is 9.10. The van der Waals surface area contributed by atoms with Crippen LogP contribution in [0.4, 0.5) is 5.69 Å². The molecule has 0 radical (unpaired) electrons. The van der Waals surface area contributed by atoms with Gasteiger partial charge < -0.3 is 9.73 Å². The van der Waals surface area contributed by atoms with Gasteiger partial charge in [-0.3, -0.25) is 4.79 Å². The van der Waals surface area contributed by atoms with Gasteiger partial charge in [0.25, 0.3) is 5.91 Å². The summed E-state index contributed by atoms with van der Waals surface area (Å²) in [5, 5.41) is 3.77. The molecule has 3 aromatic heterocycles. The third-order valence-corrected chi connectivity index (χ3v) is 5.14. The molecule has 0 aliphatic carbocycles. The van der Waals surface area contributed by atoms with Gasteiger partial charge in [0.1, 0.15) is 15.4 Å². The number of anilines is 1. The van der Waals surface area contributed by atoms with Crippen molar-refractivity contribution in [3.05, 3.63) is 64.7 Å². The van der Waals surface area contributed by atoms with E-state index in [-0.39, 0.29) is 11.7 Å². The van der Waals surface area contributed by atoms with Crippen molar-refractivity contribution in [1.29, 1.82) is 0 Å². The van der Waals surface area contributed by atoms with Crippen molar-refractivity contribution in [2.75, 3.05) is 5.32 Å². The van der Waals surface area contributed by atoms with Crippen LogP contribution in [0.2, 0.25) is 0 Å². The summed E-state index contributed by atoms with van der Waals surface area (Å²) in [4.78, 5) is 22.1. The highest BCUT2D eigenvalue weighted by Gasteiger charge is 2.13. The molecule has 4 aromatic rings. The van der Waals surface area contributed by atoms with Crippen molar-refractivity contribution in [1.82, 2.24) is 9.97 Å². The third-order valence-electron chi connectivity index (χ3n) is 3.68. The lowest BCUT2D eigenvalue weighted by Gasteiger charge is -2.08. The smallest absolute Gasteiger partial charge is 0.291 e. The van der Waals surface area contributed by atoms with E-state index >= 15 is 0 Å². The zero-order chi connectivity index (χ0) is 17.4. The fourth-order valence-corrected chi connectivity index (χ4v) is 3.66. The molecule has 3 heterocycles. The van der Waals surface area contributed by atoms with Gasteiger partial charge in [-0.25, -0.2) is 9.97 Å². The van der Waals surface area contributed by atoms with Gasteiger partial charge in [0.2, 0.25) is 0 Å². The molecular weight excluding hydrogens is 402 g/mol. The van der Waals surface area contributed by atoms with E-state index < -0.39 is 0 Å². The number of aromatic nitrogens is 2. The average Bonchev–Trinajstić information content (AvgIpc) is 3.22. The first-order valence-electron chi connectivity index (χ1n) is 7.49. The maximum absolute atomic E-state index is 12.2. The van der Waals surface area contributed by atoms with Gasteiger partial charge in [0.15, 0.2) is 10.4 Å². The molecule has 5 nitrogen and oxygen atoms in total. The maximum Gasteiger partial charge on any atom is 0.291 e. The quantitative estimate of drug-likeness (QED) is 0.496. The Bertz CT molecular complexity index is 1050. The number of nitrogens with one attached hydrogen (secondary N) is 1. The van der Waals surface area contributed by atoms with E-state index in [1.807, 2.05) is 37.3 Å². The summed E-state index contributed by atoms with van der Waals surface area (Å²) < 4.78 is 5.80. The first-order valence-corrected chi connectivity index (χ1v) is 9.10. The number of aryl methyl sites for hydroxylation is 1. The summed E-state index contributed by atoms with van der Waals surface area (Å²) in [6.45, 7) is 1.95. The van der Waals surface area contributed by atoms with Crippen LogP contribution in [0.25, 0.3) is 20.9 Å². The van der Waals surface area contributed by atoms with Crippen molar-refractivity contribution in [2.45, 2.75) is 6.92 Å². The zero-order valence-corrected chi connectivity index (χ0v) is 15.5. The minimum atomic E-state index is -0.286. The summed E-state index contributed by atoms with van der Waals surface area (Å²) >= 11 is 4.74. The SMILES string of the molecule is Cc1cc(-c2nc3cccnc3s2)ccc1NC(=O)c1ccc(Br)o1. The lowest BCUT2D eigenvalue weighted by atomic mass is 10.1. The molecule has 0 saturated heterocycles. The van der Waals surface area contributed by atoms with Crippen LogP contribution in [0, 0.1) is 6.92 Å². The van der Waals surface area contributed by atoms with Crippen LogP contribution in [0.5, 0.6) is 0 Å². The normalized spacial score (nSPS) is 11.0. The third kappa shape index (κ3) is 3.20. The molecule has 0 saturated carbocycles. The Hall–Kier alpha value is -2.51. The van der Waals surface area contributed by atoms with Crippen LogP contribution in [-0.2, 0) is 0 Å². The Morgan fingerprint density at radius 2 is 2.12 bits per heavy atom. The average molecular weight is 414 g/mol. The molecule has 7 heteroatoms. The van der Waals surface area contributed by atoms with Gasteiger partial charge in [-0.1, -0.05) is 11.3 Å². The fraction of sp³-hybridized carbons (Fsp3) is 0.0556. The number of nitrogens with zero attached hydrogens (tertiary/aromatic N) is 2. The summed E-state index contributed by atoms with van der Waals surface area (Å²) in [5.74, 6) is -0.0293. The predicted octanol–water partition coefficient (Wildman–Crippen LogP) is 5.27. The number of hydrogen-bond acceptors (Lipinski definition) is 5. The molecule has 4 rings (SSSR count). The fourth-order valence-electron chi connectivity index (χ4n) is 2.45. The highest BCUT2D eigenvalue weighted by Crippen LogP contribution is 2.31. The van der Waals surface area contributed by atoms with Gasteiger partial charge in [0.05, 0.1) is 0 Å². The first kappa shape index (κ1) is 16.0. The number of benzene rings is 1. The number of fused-ring (bicyclic) bond motifs is 1. The minimum absolute atomic E-state index is 0.257. The van der Waals surface area contributed by atoms with Crippen LogP contribution < -0.4 is 5.32 Å². The number of thiazole rings is 1. The number of pyridine rings is 1. The number of amides is 1. The largest absolute Gasteiger partial charge is 0.444 e. The van der Waals surface area contributed by atoms with E-state index in [9.17, 15) is 4.79 Å². The number of halogens is 1. The molecule has 0 aliphatic rings. The number of carbonyl (C=O) groups excluding carboxylic acids is 1. The van der Waals surface area contributed by atoms with E-state index in [0.717, 1.165) is 32.2 Å². The Labute approximate surface area is 155 Å². The summed E-state index contributed by atoms with van der Waals surface area (Å²) in [6.07, 6.45) is 1.77. The monoisotopic (exact) mass is 413 g/mol. The van der Waals surface area contributed by atoms with E-state index in [4.69, 9.17) is 4.42 Å². The lowest BCUT2D eigenvalue weighted by Crippen LogP contribution is -2.11. The minimum Gasteiger partial charge on any atom is -0.444 e. The van der Waals surface area contributed by atoms with Crippen LogP contribution in [0.3, 0.4) is 0 Å². The Balaban J connectivity index is 1.61. The second-order valence-corrected chi connectivity index (χ2v) is 7.19. The molecule has 25 heavy (non-hydrogen) atoms. The number of furan rings is 1. The van der Waals surface area contributed by atoms with Crippen molar-refractivity contribution in [3.8, 4) is 10.6 Å². The second kappa shape index (κ2) is 6.42. The first-order chi connectivity index (χ1) is 12.1. The molecule has 1 amide bonds. The van der Waals surface area contributed by atoms with E-state index in [0.29, 0.717) is 4.67 Å². The van der Waals surface area contributed by atoms with Gasteiger partial charge in [0, 0.05) is 17.4 Å². The van der Waals surface area contributed by atoms with Crippen molar-refractivity contribution >= 4 is 49.2 Å². The number of hydrogen-bond donors (Lipinski definition) is 1. The van der Waals surface area contributed by atoms with E-state index in [1.54, 1.807) is 29.7 Å².